The summed E-state index contributed by atoms with van der Waals surface area (Å²) in [6, 6.07) is 21.8. The van der Waals surface area contributed by atoms with E-state index in [4.69, 9.17) is 0 Å². The summed E-state index contributed by atoms with van der Waals surface area (Å²) in [5, 5.41) is 3.00. The Bertz CT molecular complexity index is 1320. The molecule has 1 amide bonds. The van der Waals surface area contributed by atoms with Crippen molar-refractivity contribution in [1.82, 2.24) is 5.32 Å². The Balaban J connectivity index is 1.52. The summed E-state index contributed by atoms with van der Waals surface area (Å²) in [5.41, 5.74) is 4.47. The second kappa shape index (κ2) is 11.4. The summed E-state index contributed by atoms with van der Waals surface area (Å²) < 4.78 is 28.5. The van der Waals surface area contributed by atoms with Crippen LogP contribution in [0, 0.1) is 19.8 Å². The van der Waals surface area contributed by atoms with Gasteiger partial charge in [-0.2, -0.15) is 0 Å². The van der Waals surface area contributed by atoms with Gasteiger partial charge in [-0.1, -0.05) is 49.4 Å². The van der Waals surface area contributed by atoms with Crippen LogP contribution in [-0.2, 0) is 14.8 Å². The van der Waals surface area contributed by atoms with Crippen molar-refractivity contribution in [2.24, 2.45) is 5.92 Å². The maximum absolute atomic E-state index is 13.6. The number of aryl methyl sites for hydroxylation is 1. The Labute approximate surface area is 221 Å². The fraction of sp³-hybridized carbons (Fsp3) is 0.367. The predicted octanol–water partition coefficient (Wildman–Crippen LogP) is 5.61. The number of carbonyl (C=O) groups excluding carboxylic acids is 1. The minimum Gasteiger partial charge on any atom is -0.371 e. The number of benzene rings is 3. The molecule has 7 heteroatoms. The number of sulfonamides is 1. The maximum atomic E-state index is 13.6. The highest BCUT2D eigenvalue weighted by Gasteiger charge is 2.29. The summed E-state index contributed by atoms with van der Waals surface area (Å²) in [4.78, 5) is 15.8. The van der Waals surface area contributed by atoms with Gasteiger partial charge in [0, 0.05) is 18.8 Å². The zero-order valence-electron chi connectivity index (χ0n) is 22.1. The Hall–Kier alpha value is -3.32. The number of nitrogens with one attached hydrogen (secondary N) is 1. The monoisotopic (exact) mass is 519 g/mol. The van der Waals surface area contributed by atoms with E-state index in [2.05, 4.69) is 29.3 Å². The Morgan fingerprint density at radius 2 is 1.73 bits per heavy atom. The fourth-order valence-corrected chi connectivity index (χ4v) is 6.42. The molecule has 2 unspecified atom stereocenters. The van der Waals surface area contributed by atoms with Gasteiger partial charge in [-0.25, -0.2) is 8.42 Å². The Morgan fingerprint density at radius 1 is 1.03 bits per heavy atom. The quantitative estimate of drug-likeness (QED) is 0.420. The molecule has 1 N–H and O–H groups in total. The third-order valence-electron chi connectivity index (χ3n) is 7.26. The summed E-state index contributed by atoms with van der Waals surface area (Å²) in [5.74, 6) is 0.334. The van der Waals surface area contributed by atoms with Crippen LogP contribution in [0.15, 0.2) is 77.7 Å². The van der Waals surface area contributed by atoms with E-state index in [1.807, 2.05) is 45.0 Å². The molecular weight excluding hydrogens is 482 g/mol. The van der Waals surface area contributed by atoms with Crippen molar-refractivity contribution in [2.75, 3.05) is 28.8 Å². The fourth-order valence-electron chi connectivity index (χ4n) is 4.92. The molecule has 0 aromatic heterocycles. The van der Waals surface area contributed by atoms with E-state index in [1.165, 1.54) is 22.8 Å². The molecule has 0 aliphatic carbocycles. The second-order valence-electron chi connectivity index (χ2n) is 10.1. The normalized spacial score (nSPS) is 16.8. The minimum absolute atomic E-state index is 0.152. The van der Waals surface area contributed by atoms with Gasteiger partial charge >= 0.3 is 0 Å². The molecule has 0 radical (unpaired) electrons. The van der Waals surface area contributed by atoms with Crippen LogP contribution in [0.2, 0.25) is 0 Å². The average Bonchev–Trinajstić information content (AvgIpc) is 2.89. The molecule has 4 rings (SSSR count). The van der Waals surface area contributed by atoms with Crippen molar-refractivity contribution in [2.45, 2.75) is 51.5 Å². The lowest BCUT2D eigenvalue weighted by molar-refractivity contribution is -0.120. The van der Waals surface area contributed by atoms with Crippen molar-refractivity contribution in [3.8, 4) is 0 Å². The first-order chi connectivity index (χ1) is 17.7. The molecule has 0 bridgehead atoms. The molecule has 37 heavy (non-hydrogen) atoms. The zero-order valence-corrected chi connectivity index (χ0v) is 23.0. The van der Waals surface area contributed by atoms with Crippen LogP contribution in [0.1, 0.15) is 49.4 Å². The van der Waals surface area contributed by atoms with E-state index >= 15 is 0 Å². The first kappa shape index (κ1) is 26.7. The number of rotatable bonds is 8. The number of nitrogens with zero attached hydrogens (tertiary/aromatic N) is 2. The maximum Gasteiger partial charge on any atom is 0.264 e. The van der Waals surface area contributed by atoms with Crippen LogP contribution in [0.3, 0.4) is 0 Å². The van der Waals surface area contributed by atoms with Crippen LogP contribution in [0.25, 0.3) is 0 Å². The van der Waals surface area contributed by atoms with Gasteiger partial charge in [0.2, 0.25) is 5.91 Å². The molecule has 3 aromatic rings. The number of anilines is 2. The van der Waals surface area contributed by atoms with Crippen LogP contribution >= 0.6 is 0 Å². The summed E-state index contributed by atoms with van der Waals surface area (Å²) in [6.07, 6.45) is 2.48. The van der Waals surface area contributed by atoms with E-state index in [1.54, 1.807) is 36.4 Å². The van der Waals surface area contributed by atoms with Gasteiger partial charge in [0.25, 0.3) is 10.0 Å². The number of amides is 1. The first-order valence-corrected chi connectivity index (χ1v) is 14.4. The zero-order chi connectivity index (χ0) is 26.6. The molecule has 0 saturated carbocycles. The first-order valence-electron chi connectivity index (χ1n) is 12.9. The lowest BCUT2D eigenvalue weighted by Gasteiger charge is -2.33. The smallest absolute Gasteiger partial charge is 0.264 e. The molecule has 1 fully saturated rings. The summed E-state index contributed by atoms with van der Waals surface area (Å²) in [6.45, 7) is 9.85. The number of hydrogen-bond donors (Lipinski definition) is 1. The SMILES string of the molecule is Cc1cccc(N(CC(=O)NC(C)c2ccc(N3CCCC(C)C3)cc2)S(=O)(=O)c2ccccc2)c1C. The molecule has 0 spiro atoms. The van der Waals surface area contributed by atoms with Gasteiger partial charge in [0.15, 0.2) is 0 Å². The third kappa shape index (κ3) is 6.16. The van der Waals surface area contributed by atoms with Crippen LogP contribution in [0.5, 0.6) is 0 Å². The van der Waals surface area contributed by atoms with E-state index in [0.29, 0.717) is 11.6 Å². The van der Waals surface area contributed by atoms with Crippen molar-refractivity contribution < 1.29 is 13.2 Å². The Kier molecular flexibility index (Phi) is 8.22. The van der Waals surface area contributed by atoms with Crippen molar-refractivity contribution >= 4 is 27.3 Å². The number of hydrogen-bond acceptors (Lipinski definition) is 4. The van der Waals surface area contributed by atoms with Crippen molar-refractivity contribution in [1.29, 1.82) is 0 Å². The second-order valence-corrected chi connectivity index (χ2v) is 12.0. The topological polar surface area (TPSA) is 69.7 Å². The van der Waals surface area contributed by atoms with Crippen molar-refractivity contribution in [3.05, 3.63) is 89.5 Å². The lowest BCUT2D eigenvalue weighted by atomic mass is 9.99. The van der Waals surface area contributed by atoms with Crippen LogP contribution in [-0.4, -0.2) is 34.0 Å². The van der Waals surface area contributed by atoms with E-state index in [9.17, 15) is 13.2 Å². The number of piperidine rings is 1. The standard InChI is InChI=1S/C30H37N3O3S/c1-22-10-9-19-32(20-22)27-17-15-26(16-18-27)25(4)31-30(34)21-33(29-14-8-11-23(2)24(29)3)37(35,36)28-12-6-5-7-13-28/h5-8,11-18,22,25H,9-10,19-21H2,1-4H3,(H,31,34). The summed E-state index contributed by atoms with van der Waals surface area (Å²) in [7, 11) is -3.94. The van der Waals surface area contributed by atoms with Crippen molar-refractivity contribution in [3.63, 3.8) is 0 Å². The van der Waals surface area contributed by atoms with Gasteiger partial charge in [0.1, 0.15) is 6.54 Å². The highest BCUT2D eigenvalue weighted by molar-refractivity contribution is 7.92. The highest BCUT2D eigenvalue weighted by atomic mass is 32.2. The van der Waals surface area contributed by atoms with Gasteiger partial charge in [-0.3, -0.25) is 9.10 Å². The minimum atomic E-state index is -3.94. The molecule has 1 aliphatic rings. The van der Waals surface area contributed by atoms with Gasteiger partial charge in [0.05, 0.1) is 16.6 Å². The third-order valence-corrected chi connectivity index (χ3v) is 9.03. The number of carbonyl (C=O) groups is 1. The largest absolute Gasteiger partial charge is 0.371 e. The van der Waals surface area contributed by atoms with Gasteiger partial charge in [-0.05, 0) is 86.6 Å². The van der Waals surface area contributed by atoms with Crippen LogP contribution in [0.4, 0.5) is 11.4 Å². The van der Waals surface area contributed by atoms with Crippen LogP contribution < -0.4 is 14.5 Å². The van der Waals surface area contributed by atoms with Gasteiger partial charge in [-0.15, -0.1) is 0 Å². The molecule has 1 saturated heterocycles. The molecule has 3 aromatic carbocycles. The van der Waals surface area contributed by atoms with E-state index in [0.717, 1.165) is 29.8 Å². The van der Waals surface area contributed by atoms with Gasteiger partial charge < -0.3 is 10.2 Å². The average molecular weight is 520 g/mol. The summed E-state index contributed by atoms with van der Waals surface area (Å²) >= 11 is 0. The molecular formula is C30H37N3O3S. The molecule has 196 valence electrons. The molecule has 1 heterocycles. The Morgan fingerprint density at radius 3 is 2.41 bits per heavy atom. The lowest BCUT2D eigenvalue weighted by Crippen LogP contribution is -2.42. The predicted molar refractivity (Wildman–Crippen MR) is 151 cm³/mol. The highest BCUT2D eigenvalue weighted by Crippen LogP contribution is 2.29. The van der Waals surface area contributed by atoms with E-state index in [-0.39, 0.29) is 23.4 Å². The molecule has 6 nitrogen and oxygen atoms in total. The molecule has 1 aliphatic heterocycles. The molecule has 2 atom stereocenters. The van der Waals surface area contributed by atoms with E-state index < -0.39 is 10.0 Å².